The minimum absolute atomic E-state index is 0.0248. The minimum atomic E-state index is -4.45. The summed E-state index contributed by atoms with van der Waals surface area (Å²) in [5.74, 6) is -0.729. The Labute approximate surface area is 145 Å². The molecule has 0 saturated heterocycles. The summed E-state index contributed by atoms with van der Waals surface area (Å²) in [5.41, 5.74) is 0.214. The molecule has 8 heteroatoms. The molecule has 0 amide bonds. The fourth-order valence-corrected chi connectivity index (χ4v) is 2.14. The number of nitrogens with zero attached hydrogens (tertiary/aromatic N) is 2. The Bertz CT molecular complexity index is 924. The highest BCUT2D eigenvalue weighted by Crippen LogP contribution is 2.30. The van der Waals surface area contributed by atoms with E-state index in [0.717, 1.165) is 12.1 Å². The number of halogens is 3. The number of aromatic carboxylic acids is 1. The van der Waals surface area contributed by atoms with Gasteiger partial charge in [-0.1, -0.05) is 6.07 Å². The molecule has 0 aliphatic rings. The van der Waals surface area contributed by atoms with Crippen molar-refractivity contribution in [1.29, 1.82) is 0 Å². The van der Waals surface area contributed by atoms with Crippen LogP contribution < -0.4 is 4.74 Å². The van der Waals surface area contributed by atoms with Crippen molar-refractivity contribution in [1.82, 2.24) is 9.97 Å². The van der Waals surface area contributed by atoms with Crippen LogP contribution >= 0.6 is 0 Å². The molecule has 3 aromatic rings. The largest absolute Gasteiger partial charge is 0.477 e. The predicted molar refractivity (Wildman–Crippen MR) is 85.9 cm³/mol. The molecular weight excluding hydrogens is 349 g/mol. The quantitative estimate of drug-likeness (QED) is 0.733. The first-order chi connectivity index (χ1) is 12.3. The Balaban J connectivity index is 1.76. The van der Waals surface area contributed by atoms with Gasteiger partial charge in [-0.2, -0.15) is 13.2 Å². The van der Waals surface area contributed by atoms with E-state index in [1.165, 1.54) is 6.07 Å². The van der Waals surface area contributed by atoms with Crippen LogP contribution in [0.15, 0.2) is 60.8 Å². The van der Waals surface area contributed by atoms with E-state index in [9.17, 15) is 18.0 Å². The van der Waals surface area contributed by atoms with Crippen molar-refractivity contribution < 1.29 is 27.8 Å². The number of hydrogen-bond acceptors (Lipinski definition) is 4. The molecule has 5 nitrogen and oxygen atoms in total. The number of carboxylic acid groups (broad SMARTS) is 1. The second-order valence-electron chi connectivity index (χ2n) is 5.22. The van der Waals surface area contributed by atoms with E-state index < -0.39 is 17.7 Å². The van der Waals surface area contributed by atoms with Gasteiger partial charge in [0.2, 0.25) is 5.88 Å². The van der Waals surface area contributed by atoms with Gasteiger partial charge >= 0.3 is 12.1 Å². The first kappa shape index (κ1) is 17.4. The smallest absolute Gasteiger partial charge is 0.417 e. The molecule has 0 aliphatic carbocycles. The fraction of sp³-hybridized carbons (Fsp3) is 0.0556. The Kier molecular flexibility index (Phi) is 4.57. The maximum atomic E-state index is 12.5. The van der Waals surface area contributed by atoms with E-state index in [0.29, 0.717) is 23.2 Å². The molecule has 132 valence electrons. The SMILES string of the molecule is O=C(O)c1cccc(-c2ccc(Oc3ccc(C(F)(F)F)cn3)cc2)n1. The molecule has 3 rings (SSSR count). The van der Waals surface area contributed by atoms with Gasteiger partial charge in [-0.3, -0.25) is 0 Å². The number of benzene rings is 1. The van der Waals surface area contributed by atoms with Crippen molar-refractivity contribution in [2.24, 2.45) is 0 Å². The topological polar surface area (TPSA) is 72.3 Å². The third-order valence-corrected chi connectivity index (χ3v) is 3.40. The van der Waals surface area contributed by atoms with Gasteiger partial charge in [0.15, 0.2) is 0 Å². The first-order valence-electron chi connectivity index (χ1n) is 7.35. The Hall–Kier alpha value is -3.42. The fourth-order valence-electron chi connectivity index (χ4n) is 2.14. The number of pyridine rings is 2. The molecule has 0 aliphatic heterocycles. The van der Waals surface area contributed by atoms with Crippen LogP contribution in [0.1, 0.15) is 16.1 Å². The number of ether oxygens (including phenoxy) is 1. The van der Waals surface area contributed by atoms with Gasteiger partial charge in [-0.05, 0) is 42.5 Å². The van der Waals surface area contributed by atoms with Crippen LogP contribution in [-0.2, 0) is 6.18 Å². The molecule has 0 atom stereocenters. The minimum Gasteiger partial charge on any atom is -0.477 e. The Morgan fingerprint density at radius 1 is 1.00 bits per heavy atom. The molecule has 0 bridgehead atoms. The van der Waals surface area contributed by atoms with E-state index in [1.807, 2.05) is 0 Å². The summed E-state index contributed by atoms with van der Waals surface area (Å²) in [5, 5.41) is 8.97. The summed E-state index contributed by atoms with van der Waals surface area (Å²) in [4.78, 5) is 18.6. The normalized spacial score (nSPS) is 11.2. The van der Waals surface area contributed by atoms with Crippen molar-refractivity contribution in [3.05, 3.63) is 72.1 Å². The second-order valence-corrected chi connectivity index (χ2v) is 5.22. The zero-order valence-corrected chi connectivity index (χ0v) is 13.1. The summed E-state index contributed by atoms with van der Waals surface area (Å²) in [6.07, 6.45) is -3.75. The highest BCUT2D eigenvalue weighted by molar-refractivity contribution is 5.86. The summed E-state index contributed by atoms with van der Waals surface area (Å²) >= 11 is 0. The highest BCUT2D eigenvalue weighted by atomic mass is 19.4. The lowest BCUT2D eigenvalue weighted by atomic mass is 10.1. The Morgan fingerprint density at radius 2 is 1.73 bits per heavy atom. The standard InChI is InChI=1S/C18H11F3N2O3/c19-18(20,21)12-6-9-16(22-10-12)26-13-7-4-11(5-8-13)14-2-1-3-15(23-14)17(24)25/h1-10H,(H,24,25). The van der Waals surface area contributed by atoms with Gasteiger partial charge in [-0.25, -0.2) is 14.8 Å². The zero-order valence-electron chi connectivity index (χ0n) is 13.1. The summed E-state index contributed by atoms with van der Waals surface area (Å²) in [6.45, 7) is 0. The predicted octanol–water partition coefficient (Wildman–Crippen LogP) is 4.65. The first-order valence-corrected chi connectivity index (χ1v) is 7.35. The summed E-state index contributed by atoms with van der Waals surface area (Å²) in [6, 6.07) is 13.2. The van der Waals surface area contributed by atoms with Gasteiger partial charge in [-0.15, -0.1) is 0 Å². The van der Waals surface area contributed by atoms with Crippen LogP contribution in [0, 0.1) is 0 Å². The second kappa shape index (κ2) is 6.83. The van der Waals surface area contributed by atoms with Gasteiger partial charge in [0, 0.05) is 17.8 Å². The number of alkyl halides is 3. The van der Waals surface area contributed by atoms with Crippen molar-refractivity contribution in [2.45, 2.75) is 6.18 Å². The molecule has 0 spiro atoms. The maximum Gasteiger partial charge on any atom is 0.417 e. The molecule has 2 heterocycles. The van der Waals surface area contributed by atoms with Gasteiger partial charge < -0.3 is 9.84 Å². The van der Waals surface area contributed by atoms with Crippen LogP contribution in [0.25, 0.3) is 11.3 Å². The summed E-state index contributed by atoms with van der Waals surface area (Å²) < 4.78 is 42.9. The molecule has 2 aromatic heterocycles. The highest BCUT2D eigenvalue weighted by Gasteiger charge is 2.30. The van der Waals surface area contributed by atoms with Crippen LogP contribution in [-0.4, -0.2) is 21.0 Å². The lowest BCUT2D eigenvalue weighted by Gasteiger charge is -2.08. The number of aromatic nitrogens is 2. The van der Waals surface area contributed by atoms with Crippen molar-refractivity contribution in [2.75, 3.05) is 0 Å². The number of hydrogen-bond donors (Lipinski definition) is 1. The van der Waals surface area contributed by atoms with Crippen molar-refractivity contribution in [3.8, 4) is 22.9 Å². The lowest BCUT2D eigenvalue weighted by molar-refractivity contribution is -0.137. The van der Waals surface area contributed by atoms with Gasteiger partial charge in [0.1, 0.15) is 11.4 Å². The van der Waals surface area contributed by atoms with E-state index in [1.54, 1.807) is 36.4 Å². The average Bonchev–Trinajstić information content (AvgIpc) is 2.62. The maximum absolute atomic E-state index is 12.5. The van der Waals surface area contributed by atoms with Crippen LogP contribution in [0.3, 0.4) is 0 Å². The third kappa shape index (κ3) is 3.97. The number of rotatable bonds is 4. The molecule has 0 fully saturated rings. The van der Waals surface area contributed by atoms with E-state index in [2.05, 4.69) is 9.97 Å². The van der Waals surface area contributed by atoms with Gasteiger partial charge in [0.25, 0.3) is 0 Å². The summed E-state index contributed by atoms with van der Waals surface area (Å²) in [7, 11) is 0. The van der Waals surface area contributed by atoms with Gasteiger partial charge in [0.05, 0.1) is 11.3 Å². The monoisotopic (exact) mass is 360 g/mol. The van der Waals surface area contributed by atoms with Crippen LogP contribution in [0.4, 0.5) is 13.2 Å². The molecular formula is C18H11F3N2O3. The average molecular weight is 360 g/mol. The molecule has 1 N–H and O–H groups in total. The Morgan fingerprint density at radius 3 is 2.31 bits per heavy atom. The molecule has 0 saturated carbocycles. The van der Waals surface area contributed by atoms with E-state index >= 15 is 0 Å². The molecule has 26 heavy (non-hydrogen) atoms. The van der Waals surface area contributed by atoms with Crippen LogP contribution in [0.5, 0.6) is 11.6 Å². The molecule has 1 aromatic carbocycles. The van der Waals surface area contributed by atoms with Crippen LogP contribution in [0.2, 0.25) is 0 Å². The van der Waals surface area contributed by atoms with Crippen molar-refractivity contribution in [3.63, 3.8) is 0 Å². The third-order valence-electron chi connectivity index (χ3n) is 3.40. The van der Waals surface area contributed by atoms with E-state index in [4.69, 9.17) is 9.84 Å². The lowest BCUT2D eigenvalue weighted by Crippen LogP contribution is -2.05. The number of carbonyl (C=O) groups is 1. The molecule has 0 unspecified atom stereocenters. The van der Waals surface area contributed by atoms with Crippen molar-refractivity contribution >= 4 is 5.97 Å². The number of carboxylic acids is 1. The zero-order chi connectivity index (χ0) is 18.7. The van der Waals surface area contributed by atoms with E-state index in [-0.39, 0.29) is 11.6 Å². The molecule has 0 radical (unpaired) electrons.